The number of fused-ring (bicyclic) bond motifs is 1. The first-order valence-electron chi connectivity index (χ1n) is 5.97. The molecule has 1 aromatic carbocycles. The van der Waals surface area contributed by atoms with Crippen LogP contribution < -0.4 is 0 Å². The minimum Gasteiger partial charge on any atom is -0.337 e. The smallest absolute Gasteiger partial charge is 0.184 e. The number of rotatable bonds is 3. The van der Waals surface area contributed by atoms with E-state index in [0.717, 1.165) is 6.07 Å². The summed E-state index contributed by atoms with van der Waals surface area (Å²) in [6.45, 7) is 0.280. The van der Waals surface area contributed by atoms with Crippen LogP contribution in [0.25, 0.3) is 11.0 Å². The van der Waals surface area contributed by atoms with Crippen molar-refractivity contribution >= 4 is 22.6 Å². The van der Waals surface area contributed by atoms with Gasteiger partial charge in [0.05, 0.1) is 17.9 Å². The summed E-state index contributed by atoms with van der Waals surface area (Å²) in [4.78, 5) is 8.41. The molecule has 0 saturated heterocycles. The van der Waals surface area contributed by atoms with Crippen LogP contribution in [0.15, 0.2) is 24.5 Å². The fourth-order valence-electron chi connectivity index (χ4n) is 2.17. The molecule has 0 fully saturated rings. The lowest BCUT2D eigenvalue weighted by atomic mass is 10.3. The highest BCUT2D eigenvalue weighted by atomic mass is 35.5. The molecule has 20 heavy (non-hydrogen) atoms. The summed E-state index contributed by atoms with van der Waals surface area (Å²) < 4.78 is 30.8. The molecule has 0 N–H and O–H groups in total. The predicted molar refractivity (Wildman–Crippen MR) is 71.5 cm³/mol. The van der Waals surface area contributed by atoms with E-state index in [0.29, 0.717) is 17.2 Å². The monoisotopic (exact) mass is 296 g/mol. The lowest BCUT2D eigenvalue weighted by Crippen LogP contribution is -2.09. The van der Waals surface area contributed by atoms with Crippen molar-refractivity contribution < 1.29 is 8.78 Å². The molecule has 0 amide bonds. The molecule has 0 unspecified atom stereocenters. The van der Waals surface area contributed by atoms with Gasteiger partial charge in [0, 0.05) is 19.4 Å². The maximum atomic E-state index is 14.0. The van der Waals surface area contributed by atoms with E-state index < -0.39 is 11.6 Å². The number of benzene rings is 1. The Hall–Kier alpha value is -1.95. The number of hydrogen-bond acceptors (Lipinski definition) is 2. The van der Waals surface area contributed by atoms with Crippen LogP contribution in [-0.2, 0) is 19.5 Å². The van der Waals surface area contributed by atoms with Crippen LogP contribution in [0.4, 0.5) is 8.78 Å². The van der Waals surface area contributed by atoms with Crippen LogP contribution in [0.2, 0.25) is 0 Å². The summed E-state index contributed by atoms with van der Waals surface area (Å²) in [7, 11) is 1.83. The largest absolute Gasteiger partial charge is 0.337 e. The molecule has 0 spiro atoms. The van der Waals surface area contributed by atoms with Gasteiger partial charge < -0.3 is 9.13 Å². The van der Waals surface area contributed by atoms with Crippen molar-refractivity contribution in [2.75, 3.05) is 0 Å². The van der Waals surface area contributed by atoms with Gasteiger partial charge in [0.15, 0.2) is 11.6 Å². The molecule has 0 aliphatic heterocycles. The highest BCUT2D eigenvalue weighted by Gasteiger charge is 2.18. The molecular formula is C13H11ClF2N4. The lowest BCUT2D eigenvalue weighted by Gasteiger charge is -2.08. The molecule has 7 heteroatoms. The Morgan fingerprint density at radius 2 is 2.05 bits per heavy atom. The molecular weight excluding hydrogens is 286 g/mol. The van der Waals surface area contributed by atoms with Crippen LogP contribution in [0.1, 0.15) is 11.6 Å². The number of alkyl halides is 1. The average Bonchev–Trinajstić information content (AvgIpc) is 2.99. The van der Waals surface area contributed by atoms with Gasteiger partial charge in [-0.15, -0.1) is 11.6 Å². The highest BCUT2D eigenvalue weighted by Crippen LogP contribution is 2.23. The van der Waals surface area contributed by atoms with E-state index in [1.54, 1.807) is 21.5 Å². The summed E-state index contributed by atoms with van der Waals surface area (Å²) in [6, 6.07) is 2.51. The fourth-order valence-corrected chi connectivity index (χ4v) is 2.37. The second-order valence-corrected chi connectivity index (χ2v) is 4.70. The molecule has 3 aromatic rings. The Balaban J connectivity index is 2.22. The number of nitrogens with zero attached hydrogens (tertiary/aromatic N) is 4. The minimum atomic E-state index is -0.916. The predicted octanol–water partition coefficient (Wildman–Crippen LogP) is 2.84. The Morgan fingerprint density at radius 3 is 2.70 bits per heavy atom. The number of hydrogen-bond donors (Lipinski definition) is 0. The molecule has 0 radical (unpaired) electrons. The lowest BCUT2D eigenvalue weighted by molar-refractivity contribution is 0.511. The number of aryl methyl sites for hydroxylation is 1. The van der Waals surface area contributed by atoms with Crippen molar-refractivity contribution in [2.45, 2.75) is 12.4 Å². The van der Waals surface area contributed by atoms with Gasteiger partial charge in [-0.1, -0.05) is 0 Å². The van der Waals surface area contributed by atoms with Crippen molar-refractivity contribution in [3.63, 3.8) is 0 Å². The van der Waals surface area contributed by atoms with E-state index in [4.69, 9.17) is 11.6 Å². The SMILES string of the molecule is Cn1ccnc1Cn1c(CCl)nc2ccc(F)c(F)c21. The van der Waals surface area contributed by atoms with E-state index in [2.05, 4.69) is 9.97 Å². The van der Waals surface area contributed by atoms with E-state index in [1.165, 1.54) is 6.07 Å². The van der Waals surface area contributed by atoms with E-state index in [9.17, 15) is 8.78 Å². The Kier molecular flexibility index (Phi) is 3.17. The molecule has 2 heterocycles. The van der Waals surface area contributed by atoms with Gasteiger partial charge in [-0.2, -0.15) is 0 Å². The third-order valence-corrected chi connectivity index (χ3v) is 3.46. The minimum absolute atomic E-state index is 0.111. The van der Waals surface area contributed by atoms with Gasteiger partial charge in [0.2, 0.25) is 0 Å². The first kappa shape index (κ1) is 13.1. The van der Waals surface area contributed by atoms with Crippen molar-refractivity contribution in [2.24, 2.45) is 7.05 Å². The Labute approximate surface area is 118 Å². The van der Waals surface area contributed by atoms with E-state index >= 15 is 0 Å². The molecule has 0 atom stereocenters. The molecule has 104 valence electrons. The zero-order valence-corrected chi connectivity index (χ0v) is 11.4. The quantitative estimate of drug-likeness (QED) is 0.697. The van der Waals surface area contributed by atoms with Crippen molar-refractivity contribution in [1.29, 1.82) is 0 Å². The molecule has 3 rings (SSSR count). The van der Waals surface area contributed by atoms with Gasteiger partial charge in [-0.25, -0.2) is 18.7 Å². The topological polar surface area (TPSA) is 35.6 Å². The molecule has 0 bridgehead atoms. The van der Waals surface area contributed by atoms with Gasteiger partial charge >= 0.3 is 0 Å². The fraction of sp³-hybridized carbons (Fsp3) is 0.231. The third kappa shape index (κ3) is 1.96. The molecule has 0 aliphatic carbocycles. The van der Waals surface area contributed by atoms with Crippen LogP contribution >= 0.6 is 11.6 Å². The van der Waals surface area contributed by atoms with Crippen molar-refractivity contribution in [1.82, 2.24) is 19.1 Å². The average molecular weight is 297 g/mol. The van der Waals surface area contributed by atoms with Crippen LogP contribution in [0.5, 0.6) is 0 Å². The molecule has 0 aliphatic rings. The van der Waals surface area contributed by atoms with Gasteiger partial charge in [-0.3, -0.25) is 0 Å². The van der Waals surface area contributed by atoms with Crippen molar-refractivity contribution in [3.05, 3.63) is 47.8 Å². The molecule has 4 nitrogen and oxygen atoms in total. The van der Waals surface area contributed by atoms with E-state index in [1.807, 2.05) is 7.05 Å². The summed E-state index contributed by atoms with van der Waals surface area (Å²) in [5.41, 5.74) is 0.498. The van der Waals surface area contributed by atoms with Gasteiger partial charge in [0.25, 0.3) is 0 Å². The summed E-state index contributed by atoms with van der Waals surface area (Å²) in [5.74, 6) is -0.520. The van der Waals surface area contributed by atoms with Crippen LogP contribution in [-0.4, -0.2) is 19.1 Å². The zero-order valence-electron chi connectivity index (χ0n) is 10.6. The normalized spacial score (nSPS) is 11.4. The third-order valence-electron chi connectivity index (χ3n) is 3.22. The number of halogens is 3. The molecule has 0 saturated carbocycles. The second kappa shape index (κ2) is 4.86. The van der Waals surface area contributed by atoms with Crippen molar-refractivity contribution in [3.8, 4) is 0 Å². The summed E-state index contributed by atoms with van der Waals surface area (Å²) in [6.07, 6.45) is 3.43. The number of aromatic nitrogens is 4. The first-order chi connectivity index (χ1) is 9.61. The Morgan fingerprint density at radius 1 is 1.25 bits per heavy atom. The van der Waals surface area contributed by atoms with Gasteiger partial charge in [0.1, 0.15) is 17.2 Å². The summed E-state index contributed by atoms with van der Waals surface area (Å²) >= 11 is 5.85. The number of imidazole rings is 2. The standard InChI is InChI=1S/C13H11ClF2N4/c1-19-5-4-17-11(19)7-20-10(6-14)18-9-3-2-8(15)12(16)13(9)20/h2-5H,6-7H2,1H3. The highest BCUT2D eigenvalue weighted by molar-refractivity contribution is 6.16. The van der Waals surface area contributed by atoms with Gasteiger partial charge in [-0.05, 0) is 12.1 Å². The second-order valence-electron chi connectivity index (χ2n) is 4.43. The zero-order chi connectivity index (χ0) is 14.3. The maximum absolute atomic E-state index is 14.0. The first-order valence-corrected chi connectivity index (χ1v) is 6.50. The van der Waals surface area contributed by atoms with E-state index in [-0.39, 0.29) is 17.9 Å². The van der Waals surface area contributed by atoms with Crippen LogP contribution in [0, 0.1) is 11.6 Å². The Bertz CT molecular complexity index is 778. The van der Waals surface area contributed by atoms with Crippen LogP contribution in [0.3, 0.4) is 0 Å². The molecule has 2 aromatic heterocycles. The maximum Gasteiger partial charge on any atom is 0.184 e. The summed E-state index contributed by atoms with van der Waals surface area (Å²) in [5, 5.41) is 0.